The molecule has 3 unspecified atom stereocenters. The number of benzene rings is 1. The number of aliphatic hydroxyl groups is 1. The van der Waals surface area contributed by atoms with E-state index in [2.05, 4.69) is 51.8 Å². The topological polar surface area (TPSA) is 167 Å². The molecule has 1 aliphatic rings. The number of H-pyrrole nitrogens is 1. The Kier molecular flexibility index (Phi) is 12.6. The van der Waals surface area contributed by atoms with Crippen LogP contribution in [0.5, 0.6) is 0 Å². The molecule has 1 aromatic carbocycles. The number of rotatable bonds is 11. The van der Waals surface area contributed by atoms with Gasteiger partial charge in [-0.3, -0.25) is 14.3 Å². The molecule has 1 aromatic heterocycles. The molecule has 0 radical (unpaired) electrons. The number of hydrogen-bond donors (Lipinski definition) is 3. The number of ether oxygens (including phenoxy) is 3. The molecule has 1 fully saturated rings. The molecule has 280 valence electrons. The molecule has 1 saturated heterocycles. The van der Waals surface area contributed by atoms with Crippen molar-refractivity contribution >= 4 is 28.7 Å². The minimum atomic E-state index is -2.69. The zero-order valence-corrected chi connectivity index (χ0v) is 33.8. The van der Waals surface area contributed by atoms with E-state index in [1.54, 1.807) is 45.0 Å². The zero-order valence-electron chi connectivity index (χ0n) is 31.8. The van der Waals surface area contributed by atoms with Crippen molar-refractivity contribution in [2.45, 2.75) is 147 Å². The first kappa shape index (κ1) is 41.3. The Bertz CT molecular complexity index is 1590. The lowest BCUT2D eigenvalue weighted by Crippen LogP contribution is -2.60. The third kappa shape index (κ3) is 10.3. The highest BCUT2D eigenvalue weighted by molar-refractivity contribution is 6.74. The Morgan fingerprint density at radius 1 is 0.900 bits per heavy atom. The van der Waals surface area contributed by atoms with E-state index in [1.807, 2.05) is 32.3 Å². The second kappa shape index (κ2) is 15.3. The monoisotopic (exact) mass is 735 g/mol. The maximum Gasteiger partial charge on any atom is 0.408 e. The van der Waals surface area contributed by atoms with Crippen molar-refractivity contribution in [2.75, 3.05) is 0 Å². The molecule has 13 nitrogen and oxygen atoms in total. The van der Waals surface area contributed by atoms with Crippen molar-refractivity contribution in [3.8, 4) is 0 Å². The summed E-state index contributed by atoms with van der Waals surface area (Å²) in [6.07, 6.45) is -5.95. The van der Waals surface area contributed by atoms with E-state index in [1.165, 1.54) is 16.8 Å². The number of aromatic amines is 1. The molecule has 1 amide bonds. The van der Waals surface area contributed by atoms with E-state index >= 15 is 0 Å². The van der Waals surface area contributed by atoms with Gasteiger partial charge in [-0.2, -0.15) is 0 Å². The summed E-state index contributed by atoms with van der Waals surface area (Å²) < 4.78 is 32.8. The van der Waals surface area contributed by atoms with Crippen molar-refractivity contribution in [1.29, 1.82) is 0 Å². The summed E-state index contributed by atoms with van der Waals surface area (Å²) in [5.74, 6) is -0.928. The molecule has 3 N–H and O–H groups in total. The molecule has 2 aromatic rings. The lowest BCUT2D eigenvalue weighted by atomic mass is 9.99. The maximum atomic E-state index is 13.7. The first-order chi connectivity index (χ1) is 22.7. The van der Waals surface area contributed by atoms with Crippen LogP contribution in [0.4, 0.5) is 4.79 Å². The third-order valence-electron chi connectivity index (χ3n) is 9.65. The number of nitrogens with zero attached hydrogens (tertiary/aromatic N) is 1. The van der Waals surface area contributed by atoms with Crippen LogP contribution in [0.3, 0.4) is 0 Å². The highest BCUT2D eigenvalue weighted by Crippen LogP contribution is 2.46. The highest BCUT2D eigenvalue weighted by Gasteiger charge is 2.58. The van der Waals surface area contributed by atoms with Gasteiger partial charge in [-0.05, 0) is 62.6 Å². The van der Waals surface area contributed by atoms with Gasteiger partial charge in [0.05, 0.1) is 0 Å². The fourth-order valence-corrected chi connectivity index (χ4v) is 7.40. The van der Waals surface area contributed by atoms with Crippen LogP contribution < -0.4 is 16.6 Å². The van der Waals surface area contributed by atoms with Gasteiger partial charge in [-0.15, -0.1) is 0 Å². The summed E-state index contributed by atoms with van der Waals surface area (Å²) in [4.78, 5) is 54.5. The van der Waals surface area contributed by atoms with E-state index < -0.39 is 82.2 Å². The lowest BCUT2D eigenvalue weighted by Gasteiger charge is -2.44. The van der Waals surface area contributed by atoms with Crippen LogP contribution >= 0.6 is 0 Å². The summed E-state index contributed by atoms with van der Waals surface area (Å²) in [5.41, 5.74) is -1.60. The van der Waals surface area contributed by atoms with Crippen LogP contribution in [-0.4, -0.2) is 79.4 Å². The fourth-order valence-electron chi connectivity index (χ4n) is 4.82. The van der Waals surface area contributed by atoms with Gasteiger partial charge in [0.25, 0.3) is 5.56 Å². The van der Waals surface area contributed by atoms with Crippen LogP contribution in [0.25, 0.3) is 0 Å². The Morgan fingerprint density at radius 3 is 1.94 bits per heavy atom. The molecule has 0 bridgehead atoms. The van der Waals surface area contributed by atoms with Gasteiger partial charge in [-0.1, -0.05) is 71.9 Å². The summed E-state index contributed by atoms with van der Waals surface area (Å²) in [5, 5.41) is 14.1. The summed E-state index contributed by atoms with van der Waals surface area (Å²) in [7, 11) is -5.33. The molecule has 0 aliphatic carbocycles. The van der Waals surface area contributed by atoms with Gasteiger partial charge < -0.3 is 33.5 Å². The molecule has 6 atom stereocenters. The van der Waals surface area contributed by atoms with Gasteiger partial charge >= 0.3 is 17.8 Å². The Balaban J connectivity index is 2.16. The minimum absolute atomic E-state index is 0.0829. The zero-order chi connectivity index (χ0) is 38.0. The van der Waals surface area contributed by atoms with Crippen LogP contribution in [-0.2, 0) is 34.5 Å². The van der Waals surface area contributed by atoms with Crippen LogP contribution in [0.2, 0.25) is 36.3 Å². The molecule has 50 heavy (non-hydrogen) atoms. The molecule has 3 rings (SSSR count). The maximum absolute atomic E-state index is 13.7. The second-order valence-corrected chi connectivity index (χ2v) is 26.4. The van der Waals surface area contributed by atoms with Crippen LogP contribution in [0.1, 0.15) is 74.1 Å². The third-order valence-corrected chi connectivity index (χ3v) is 18.6. The first-order valence-electron chi connectivity index (χ1n) is 16.9. The number of carbonyl (C=O) groups excluding carboxylic acids is 2. The summed E-state index contributed by atoms with van der Waals surface area (Å²) >= 11 is 0. The predicted molar refractivity (Wildman–Crippen MR) is 195 cm³/mol. The Hall–Kier alpha value is -3.09. The second-order valence-electron chi connectivity index (χ2n) is 16.9. The summed E-state index contributed by atoms with van der Waals surface area (Å²) in [6.45, 7) is 25.4. The van der Waals surface area contributed by atoms with Crippen molar-refractivity contribution in [3.05, 3.63) is 69.0 Å². The lowest BCUT2D eigenvalue weighted by molar-refractivity contribution is -0.165. The van der Waals surface area contributed by atoms with Gasteiger partial charge in [0.15, 0.2) is 28.9 Å². The molecule has 1 aliphatic heterocycles. The number of aromatic nitrogens is 2. The van der Waals surface area contributed by atoms with E-state index in [0.717, 1.165) is 5.56 Å². The number of carbonyl (C=O) groups is 2. The number of alkyl carbamates (subject to hydrolysis) is 1. The summed E-state index contributed by atoms with van der Waals surface area (Å²) in [6, 6.07) is 8.52. The molecular weight excluding hydrogens is 679 g/mol. The van der Waals surface area contributed by atoms with Crippen LogP contribution in [0, 0.1) is 0 Å². The molecule has 2 heterocycles. The highest BCUT2D eigenvalue weighted by atomic mass is 28.4. The Labute approximate surface area is 297 Å². The van der Waals surface area contributed by atoms with Crippen molar-refractivity contribution in [2.24, 2.45) is 0 Å². The number of aliphatic hydroxyl groups excluding tert-OH is 1. The molecule has 0 spiro atoms. The van der Waals surface area contributed by atoms with E-state index in [0.29, 0.717) is 0 Å². The molecule has 15 heteroatoms. The first-order valence-corrected chi connectivity index (χ1v) is 22.8. The minimum Gasteiger partial charge on any atom is -0.458 e. The van der Waals surface area contributed by atoms with Gasteiger partial charge in [0.1, 0.15) is 36.6 Å². The average molecular weight is 736 g/mol. The number of nitrogens with one attached hydrogen (secondary N) is 2. The Morgan fingerprint density at radius 2 is 1.44 bits per heavy atom. The van der Waals surface area contributed by atoms with E-state index in [4.69, 9.17) is 23.1 Å². The molecule has 0 saturated carbocycles. The number of esters is 1. The molecular formula is C35H57N3O10Si2. The number of hydrogen-bond acceptors (Lipinski definition) is 10. The normalized spacial score (nSPS) is 21.7. The van der Waals surface area contributed by atoms with Gasteiger partial charge in [-0.25, -0.2) is 14.4 Å². The van der Waals surface area contributed by atoms with Crippen molar-refractivity contribution in [3.63, 3.8) is 0 Å². The van der Waals surface area contributed by atoms with Crippen molar-refractivity contribution in [1.82, 2.24) is 14.9 Å². The quantitative estimate of drug-likeness (QED) is 0.206. The van der Waals surface area contributed by atoms with Crippen molar-refractivity contribution < 1.29 is 37.8 Å². The van der Waals surface area contributed by atoms with Gasteiger partial charge in [0.2, 0.25) is 0 Å². The SMILES string of the molecule is CC(C)(C)OC(=O)C(NC(=O)OCc1ccccc1)[C@H](O)[C@H]1O[C@@H](n2ccc(=O)[nH]c2=O)C(O[Si](C)(C)C(C)(C)C)C1O[Si](C)(C)C(C)(C)C. The fraction of sp³-hybridized carbons (Fsp3) is 0.657. The van der Waals surface area contributed by atoms with Gasteiger partial charge in [0, 0.05) is 12.3 Å². The number of amides is 1. The largest absolute Gasteiger partial charge is 0.458 e. The standard InChI is InChI=1S/C35H57N3O10Si2/c1-33(2,3)46-30(41)24(37-32(43)44-21-22-17-15-14-16-18-22)25(40)26-27(47-49(10,11)34(4,5)6)28(48-50(12,13)35(7,8)9)29(45-26)38-20-19-23(39)36-31(38)42/h14-20,24-29,40H,21H2,1-13H3,(H,37,43)(H,36,39,42)/t24?,25-,26+,27?,28?,29+/m0/s1. The average Bonchev–Trinajstić information content (AvgIpc) is 3.28. The smallest absolute Gasteiger partial charge is 0.408 e. The van der Waals surface area contributed by atoms with E-state index in [9.17, 15) is 24.3 Å². The van der Waals surface area contributed by atoms with Crippen LogP contribution in [0.15, 0.2) is 52.2 Å². The predicted octanol–water partition coefficient (Wildman–Crippen LogP) is 5.21. The van der Waals surface area contributed by atoms with E-state index in [-0.39, 0.29) is 16.7 Å².